The summed E-state index contributed by atoms with van der Waals surface area (Å²) in [6.07, 6.45) is -1.21. The number of sulfone groups is 1. The number of hydrogen-bond acceptors (Lipinski definition) is 6. The second-order valence-corrected chi connectivity index (χ2v) is 10.6. The largest absolute Gasteiger partial charge is 0.466 e. The molecule has 7 nitrogen and oxygen atoms in total. The van der Waals surface area contributed by atoms with Crippen LogP contribution in [0.5, 0.6) is 0 Å². The molecule has 0 heterocycles. The highest BCUT2D eigenvalue weighted by atomic mass is 32.2. The van der Waals surface area contributed by atoms with Crippen LogP contribution in [0.3, 0.4) is 0 Å². The van der Waals surface area contributed by atoms with Crippen LogP contribution in [0.4, 0.5) is 4.39 Å². The van der Waals surface area contributed by atoms with E-state index in [1.165, 1.54) is 24.3 Å². The van der Waals surface area contributed by atoms with E-state index in [4.69, 9.17) is 4.74 Å². The fraction of sp³-hybridized carbons (Fsp3) is 0.417. The van der Waals surface area contributed by atoms with Gasteiger partial charge in [-0.2, -0.15) is 0 Å². The molecule has 9 heteroatoms. The molecule has 0 saturated heterocycles. The molecule has 0 radical (unpaired) electrons. The predicted octanol–water partition coefficient (Wildman–Crippen LogP) is 3.11. The van der Waals surface area contributed by atoms with Crippen LogP contribution in [0.25, 0.3) is 11.1 Å². The summed E-state index contributed by atoms with van der Waals surface area (Å²) >= 11 is 0. The summed E-state index contributed by atoms with van der Waals surface area (Å²) in [5.41, 5.74) is 0.834. The number of amides is 1. The van der Waals surface area contributed by atoms with E-state index in [0.717, 1.165) is 11.1 Å². The standard InChI is InChI=1S/C24H30FNO6S/c1-4-32-23(29)14-24(2,3)13-22(28)26-15-20(27)16-33(30,31)21-11-7-18(8-12-21)17-5-9-19(25)10-6-17/h5-12,20,27H,4,13-16H2,1-3H3,(H,26,28). The maximum Gasteiger partial charge on any atom is 0.306 e. The monoisotopic (exact) mass is 479 g/mol. The Balaban J connectivity index is 1.89. The van der Waals surface area contributed by atoms with E-state index in [1.54, 1.807) is 45.0 Å². The zero-order valence-electron chi connectivity index (χ0n) is 19.0. The van der Waals surface area contributed by atoms with Gasteiger partial charge in [0.2, 0.25) is 5.91 Å². The topological polar surface area (TPSA) is 110 Å². The molecule has 1 amide bonds. The molecular formula is C24H30FNO6S. The summed E-state index contributed by atoms with van der Waals surface area (Å²) in [6.45, 7) is 5.23. The van der Waals surface area contributed by atoms with Gasteiger partial charge in [-0.3, -0.25) is 9.59 Å². The molecule has 1 unspecified atom stereocenters. The Bertz CT molecular complexity index is 1050. The summed E-state index contributed by atoms with van der Waals surface area (Å²) in [4.78, 5) is 23.9. The third-order valence-corrected chi connectivity index (χ3v) is 6.72. The number of ether oxygens (including phenoxy) is 1. The van der Waals surface area contributed by atoms with E-state index in [1.807, 2.05) is 0 Å². The third kappa shape index (κ3) is 8.58. The van der Waals surface area contributed by atoms with Crippen molar-refractivity contribution in [1.29, 1.82) is 0 Å². The number of rotatable bonds is 11. The molecule has 1 atom stereocenters. The van der Waals surface area contributed by atoms with Gasteiger partial charge in [0, 0.05) is 13.0 Å². The first-order valence-corrected chi connectivity index (χ1v) is 12.3. The Kier molecular flexibility index (Phi) is 9.13. The van der Waals surface area contributed by atoms with Crippen LogP contribution >= 0.6 is 0 Å². The van der Waals surface area contributed by atoms with Crippen LogP contribution in [-0.4, -0.2) is 50.4 Å². The Labute approximate surface area is 193 Å². The molecule has 33 heavy (non-hydrogen) atoms. The number of hydrogen-bond donors (Lipinski definition) is 2. The Morgan fingerprint density at radius 1 is 1.03 bits per heavy atom. The lowest BCUT2D eigenvalue weighted by atomic mass is 9.85. The zero-order valence-corrected chi connectivity index (χ0v) is 19.8. The van der Waals surface area contributed by atoms with E-state index in [9.17, 15) is 27.5 Å². The summed E-state index contributed by atoms with van der Waals surface area (Å²) in [5.74, 6) is -1.71. The van der Waals surface area contributed by atoms with Gasteiger partial charge in [0.05, 0.1) is 29.8 Å². The molecule has 0 bridgehead atoms. The van der Waals surface area contributed by atoms with Crippen molar-refractivity contribution in [3.63, 3.8) is 0 Å². The van der Waals surface area contributed by atoms with Crippen LogP contribution in [0.2, 0.25) is 0 Å². The lowest BCUT2D eigenvalue weighted by molar-refractivity contribution is -0.145. The molecule has 0 aliphatic rings. The minimum atomic E-state index is -3.79. The Morgan fingerprint density at radius 2 is 1.58 bits per heavy atom. The number of carbonyl (C=O) groups excluding carboxylic acids is 2. The average Bonchev–Trinajstić information content (AvgIpc) is 2.72. The fourth-order valence-electron chi connectivity index (χ4n) is 3.30. The number of aliphatic hydroxyl groups is 1. The minimum absolute atomic E-state index is 0.0239. The van der Waals surface area contributed by atoms with Crippen LogP contribution in [0.15, 0.2) is 53.4 Å². The molecule has 0 aliphatic carbocycles. The number of halogens is 1. The maximum atomic E-state index is 13.1. The third-order valence-electron chi connectivity index (χ3n) is 4.90. The lowest BCUT2D eigenvalue weighted by Crippen LogP contribution is -2.38. The quantitative estimate of drug-likeness (QED) is 0.479. The van der Waals surface area contributed by atoms with Crippen molar-refractivity contribution in [3.05, 3.63) is 54.3 Å². The average molecular weight is 480 g/mol. The molecule has 2 aromatic carbocycles. The zero-order chi connectivity index (χ0) is 24.6. The van der Waals surface area contributed by atoms with E-state index in [2.05, 4.69) is 5.32 Å². The summed E-state index contributed by atoms with van der Waals surface area (Å²) < 4.78 is 43.2. The van der Waals surface area contributed by atoms with Crippen molar-refractivity contribution in [2.24, 2.45) is 5.41 Å². The van der Waals surface area contributed by atoms with Gasteiger partial charge in [0.25, 0.3) is 0 Å². The molecule has 180 valence electrons. The number of aliphatic hydroxyl groups excluding tert-OH is 1. The first-order valence-electron chi connectivity index (χ1n) is 10.6. The molecule has 0 aromatic heterocycles. The van der Waals surface area contributed by atoms with Gasteiger partial charge in [-0.1, -0.05) is 38.1 Å². The second kappa shape index (κ2) is 11.4. The first-order chi connectivity index (χ1) is 15.4. The normalized spacial score (nSPS) is 12.8. The van der Waals surface area contributed by atoms with Crippen molar-refractivity contribution in [2.75, 3.05) is 18.9 Å². The van der Waals surface area contributed by atoms with E-state index in [-0.39, 0.29) is 36.7 Å². The van der Waals surface area contributed by atoms with Gasteiger partial charge in [-0.15, -0.1) is 0 Å². The highest BCUT2D eigenvalue weighted by molar-refractivity contribution is 7.91. The highest BCUT2D eigenvalue weighted by Crippen LogP contribution is 2.25. The van der Waals surface area contributed by atoms with Gasteiger partial charge >= 0.3 is 5.97 Å². The number of nitrogens with one attached hydrogen (secondary N) is 1. The second-order valence-electron chi connectivity index (χ2n) is 8.59. The van der Waals surface area contributed by atoms with Gasteiger partial charge in [-0.05, 0) is 47.7 Å². The van der Waals surface area contributed by atoms with Crippen molar-refractivity contribution in [1.82, 2.24) is 5.32 Å². The molecule has 2 N–H and O–H groups in total. The first kappa shape index (κ1) is 26.5. The molecule has 0 aliphatic heterocycles. The summed E-state index contributed by atoms with van der Waals surface area (Å²) in [7, 11) is -3.79. The van der Waals surface area contributed by atoms with Crippen LogP contribution in [-0.2, 0) is 24.2 Å². The minimum Gasteiger partial charge on any atom is -0.466 e. The van der Waals surface area contributed by atoms with E-state index in [0.29, 0.717) is 0 Å². The van der Waals surface area contributed by atoms with Crippen molar-refractivity contribution >= 4 is 21.7 Å². The van der Waals surface area contributed by atoms with Crippen LogP contribution in [0.1, 0.15) is 33.6 Å². The van der Waals surface area contributed by atoms with Crippen LogP contribution in [0, 0.1) is 11.2 Å². The van der Waals surface area contributed by atoms with E-state index >= 15 is 0 Å². The number of carbonyl (C=O) groups is 2. The van der Waals surface area contributed by atoms with Gasteiger partial charge < -0.3 is 15.2 Å². The van der Waals surface area contributed by atoms with Crippen molar-refractivity contribution in [3.8, 4) is 11.1 Å². The molecular weight excluding hydrogens is 449 g/mol. The van der Waals surface area contributed by atoms with Crippen LogP contribution < -0.4 is 5.32 Å². The van der Waals surface area contributed by atoms with Gasteiger partial charge in [0.1, 0.15) is 5.82 Å². The highest BCUT2D eigenvalue weighted by Gasteiger charge is 2.27. The number of benzene rings is 2. The van der Waals surface area contributed by atoms with Gasteiger partial charge in [0.15, 0.2) is 9.84 Å². The molecule has 0 saturated carbocycles. The molecule has 0 spiro atoms. The predicted molar refractivity (Wildman–Crippen MR) is 123 cm³/mol. The Hall–Kier alpha value is -2.78. The maximum absolute atomic E-state index is 13.1. The molecule has 2 aromatic rings. The fourth-order valence-corrected chi connectivity index (χ4v) is 4.67. The van der Waals surface area contributed by atoms with Gasteiger partial charge in [-0.25, -0.2) is 12.8 Å². The number of esters is 1. The summed E-state index contributed by atoms with van der Waals surface area (Å²) in [6, 6.07) is 11.9. The Morgan fingerprint density at radius 3 is 2.12 bits per heavy atom. The summed E-state index contributed by atoms with van der Waals surface area (Å²) in [5, 5.41) is 12.7. The SMILES string of the molecule is CCOC(=O)CC(C)(C)CC(=O)NCC(O)CS(=O)(=O)c1ccc(-c2ccc(F)cc2)cc1. The van der Waals surface area contributed by atoms with E-state index < -0.39 is 39.0 Å². The molecule has 0 fully saturated rings. The van der Waals surface area contributed by atoms with Crippen molar-refractivity contribution in [2.45, 2.75) is 44.6 Å². The smallest absolute Gasteiger partial charge is 0.306 e. The lowest BCUT2D eigenvalue weighted by Gasteiger charge is -2.23. The molecule has 2 rings (SSSR count). The van der Waals surface area contributed by atoms with Crippen molar-refractivity contribution < 1.29 is 32.2 Å².